The first-order valence-electron chi connectivity index (χ1n) is 9.15. The third-order valence-corrected chi connectivity index (χ3v) is 5.26. The average molecular weight is 339 g/mol. The lowest BCUT2D eigenvalue weighted by atomic mass is 10.0. The number of amides is 1. The van der Waals surface area contributed by atoms with Crippen molar-refractivity contribution in [2.45, 2.75) is 51.9 Å². The molecule has 1 fully saturated rings. The minimum Gasteiger partial charge on any atom is -0.372 e. The fraction of sp³-hybridized carbons (Fsp3) is 0.500. The molecule has 2 aliphatic heterocycles. The minimum atomic E-state index is 0.130. The van der Waals surface area contributed by atoms with Crippen LogP contribution in [0, 0.1) is 0 Å². The van der Waals surface area contributed by atoms with Crippen LogP contribution in [0.1, 0.15) is 66.0 Å². The molecule has 0 spiro atoms. The van der Waals surface area contributed by atoms with E-state index in [4.69, 9.17) is 4.74 Å². The normalized spacial score (nSPS) is 20.1. The first kappa shape index (κ1) is 16.3. The Morgan fingerprint density at radius 2 is 2.12 bits per heavy atom. The second-order valence-electron chi connectivity index (χ2n) is 7.37. The number of aromatic nitrogens is 2. The van der Waals surface area contributed by atoms with E-state index in [1.165, 1.54) is 5.56 Å². The van der Waals surface area contributed by atoms with E-state index in [1.54, 1.807) is 0 Å². The van der Waals surface area contributed by atoms with Crippen LogP contribution in [0.2, 0.25) is 0 Å². The highest BCUT2D eigenvalue weighted by molar-refractivity contribution is 5.94. The standard InChI is InChI=1S/C20H25N3O2/c1-14(2)19-21-7-9-23(19)18-4-3-8-22(11-18)20(24)15-5-6-16-12-25-13-17(16)10-15/h5-7,9-10,14,18H,3-4,8,11-13H2,1-2H3/t18-/m1/s1. The van der Waals surface area contributed by atoms with Gasteiger partial charge in [-0.1, -0.05) is 19.9 Å². The maximum Gasteiger partial charge on any atom is 0.253 e. The number of hydrogen-bond donors (Lipinski definition) is 0. The summed E-state index contributed by atoms with van der Waals surface area (Å²) in [5, 5.41) is 0. The van der Waals surface area contributed by atoms with E-state index in [2.05, 4.69) is 29.6 Å². The van der Waals surface area contributed by atoms with E-state index in [-0.39, 0.29) is 5.91 Å². The summed E-state index contributed by atoms with van der Waals surface area (Å²) in [6.07, 6.45) is 6.05. The van der Waals surface area contributed by atoms with Crippen LogP contribution in [0.15, 0.2) is 30.6 Å². The van der Waals surface area contributed by atoms with E-state index in [9.17, 15) is 4.79 Å². The zero-order chi connectivity index (χ0) is 17.4. The Morgan fingerprint density at radius 3 is 2.96 bits per heavy atom. The predicted molar refractivity (Wildman–Crippen MR) is 95.4 cm³/mol. The molecule has 0 unspecified atom stereocenters. The number of piperidine rings is 1. The number of benzene rings is 1. The first-order valence-corrected chi connectivity index (χ1v) is 9.15. The van der Waals surface area contributed by atoms with E-state index in [1.807, 2.05) is 29.3 Å². The molecule has 1 amide bonds. The van der Waals surface area contributed by atoms with Gasteiger partial charge in [0.25, 0.3) is 5.91 Å². The molecular weight excluding hydrogens is 314 g/mol. The van der Waals surface area contributed by atoms with Crippen molar-refractivity contribution in [3.8, 4) is 0 Å². The van der Waals surface area contributed by atoms with Crippen LogP contribution in [-0.4, -0.2) is 33.4 Å². The van der Waals surface area contributed by atoms with Gasteiger partial charge in [-0.3, -0.25) is 4.79 Å². The molecule has 1 atom stereocenters. The van der Waals surface area contributed by atoms with Crippen molar-refractivity contribution in [2.75, 3.05) is 13.1 Å². The van der Waals surface area contributed by atoms with E-state index in [0.29, 0.717) is 25.2 Å². The molecule has 2 aliphatic rings. The number of fused-ring (bicyclic) bond motifs is 1. The number of ether oxygens (including phenoxy) is 1. The Balaban J connectivity index is 1.53. The highest BCUT2D eigenvalue weighted by Crippen LogP contribution is 2.27. The Hall–Kier alpha value is -2.14. The fourth-order valence-corrected chi connectivity index (χ4v) is 3.93. The summed E-state index contributed by atoms with van der Waals surface area (Å²) < 4.78 is 7.73. The van der Waals surface area contributed by atoms with Gasteiger partial charge in [-0.05, 0) is 36.1 Å². The highest BCUT2D eigenvalue weighted by atomic mass is 16.5. The molecule has 0 radical (unpaired) electrons. The van der Waals surface area contributed by atoms with Crippen LogP contribution in [-0.2, 0) is 18.0 Å². The Labute approximate surface area is 148 Å². The van der Waals surface area contributed by atoms with Gasteiger partial charge >= 0.3 is 0 Å². The summed E-state index contributed by atoms with van der Waals surface area (Å²) in [6.45, 7) is 7.19. The van der Waals surface area contributed by atoms with Gasteiger partial charge in [0, 0.05) is 37.0 Å². The van der Waals surface area contributed by atoms with Crippen molar-refractivity contribution in [3.63, 3.8) is 0 Å². The average Bonchev–Trinajstić information content (AvgIpc) is 3.29. The molecule has 0 aliphatic carbocycles. The summed E-state index contributed by atoms with van der Waals surface area (Å²) in [6, 6.07) is 6.29. The zero-order valence-electron chi connectivity index (χ0n) is 14.9. The zero-order valence-corrected chi connectivity index (χ0v) is 14.9. The van der Waals surface area contributed by atoms with Crippen LogP contribution < -0.4 is 0 Å². The van der Waals surface area contributed by atoms with Gasteiger partial charge in [0.15, 0.2) is 0 Å². The second kappa shape index (κ2) is 6.64. The highest BCUT2D eigenvalue weighted by Gasteiger charge is 2.27. The number of hydrogen-bond acceptors (Lipinski definition) is 3. The third-order valence-electron chi connectivity index (χ3n) is 5.26. The summed E-state index contributed by atoms with van der Waals surface area (Å²) in [5.74, 6) is 1.62. The first-order chi connectivity index (χ1) is 12.1. The van der Waals surface area contributed by atoms with Crippen molar-refractivity contribution in [3.05, 3.63) is 53.1 Å². The molecule has 0 saturated carbocycles. The number of rotatable bonds is 3. The molecule has 0 N–H and O–H groups in total. The van der Waals surface area contributed by atoms with Crippen LogP contribution in [0.3, 0.4) is 0 Å². The third kappa shape index (κ3) is 3.09. The van der Waals surface area contributed by atoms with Crippen molar-refractivity contribution in [1.29, 1.82) is 0 Å². The molecule has 0 bridgehead atoms. The summed E-state index contributed by atoms with van der Waals surface area (Å²) in [5.41, 5.74) is 3.13. The fourth-order valence-electron chi connectivity index (χ4n) is 3.93. The van der Waals surface area contributed by atoms with Crippen molar-refractivity contribution >= 4 is 5.91 Å². The quantitative estimate of drug-likeness (QED) is 0.860. The van der Waals surface area contributed by atoms with Crippen molar-refractivity contribution < 1.29 is 9.53 Å². The summed E-state index contributed by atoms with van der Waals surface area (Å²) in [4.78, 5) is 19.5. The smallest absolute Gasteiger partial charge is 0.253 e. The maximum atomic E-state index is 13.0. The van der Waals surface area contributed by atoms with Crippen LogP contribution in [0.25, 0.3) is 0 Å². The lowest BCUT2D eigenvalue weighted by Gasteiger charge is -2.34. The molecule has 5 heteroatoms. The number of carbonyl (C=O) groups excluding carboxylic acids is 1. The SMILES string of the molecule is CC(C)c1nccn1[C@@H]1CCCN(C(=O)c2ccc3c(c2)COC3)C1. The molecule has 4 rings (SSSR count). The van der Waals surface area contributed by atoms with E-state index >= 15 is 0 Å². The number of carbonyl (C=O) groups is 1. The molecule has 3 heterocycles. The van der Waals surface area contributed by atoms with Gasteiger partial charge < -0.3 is 14.2 Å². The van der Waals surface area contributed by atoms with Gasteiger partial charge in [0.2, 0.25) is 0 Å². The Bertz CT molecular complexity index is 781. The number of likely N-dealkylation sites (tertiary alicyclic amines) is 1. The molecule has 132 valence electrons. The summed E-state index contributed by atoms with van der Waals surface area (Å²) >= 11 is 0. The van der Waals surface area contributed by atoms with Crippen LogP contribution >= 0.6 is 0 Å². The molecule has 1 aromatic heterocycles. The molecule has 5 nitrogen and oxygen atoms in total. The summed E-state index contributed by atoms with van der Waals surface area (Å²) in [7, 11) is 0. The lowest BCUT2D eigenvalue weighted by molar-refractivity contribution is 0.0677. The largest absolute Gasteiger partial charge is 0.372 e. The van der Waals surface area contributed by atoms with Crippen molar-refractivity contribution in [1.82, 2.24) is 14.5 Å². The lowest BCUT2D eigenvalue weighted by Crippen LogP contribution is -2.41. The molecule has 25 heavy (non-hydrogen) atoms. The van der Waals surface area contributed by atoms with E-state index in [0.717, 1.165) is 42.9 Å². The molecule has 1 saturated heterocycles. The van der Waals surface area contributed by atoms with Crippen LogP contribution in [0.5, 0.6) is 0 Å². The minimum absolute atomic E-state index is 0.130. The second-order valence-corrected chi connectivity index (χ2v) is 7.37. The number of imidazole rings is 1. The van der Waals surface area contributed by atoms with Crippen molar-refractivity contribution in [2.24, 2.45) is 0 Å². The van der Waals surface area contributed by atoms with Crippen LogP contribution in [0.4, 0.5) is 0 Å². The number of nitrogens with zero attached hydrogens (tertiary/aromatic N) is 3. The Kier molecular flexibility index (Phi) is 4.34. The monoisotopic (exact) mass is 339 g/mol. The Morgan fingerprint density at radius 1 is 1.28 bits per heavy atom. The molecular formula is C20H25N3O2. The molecule has 1 aromatic carbocycles. The maximum absolute atomic E-state index is 13.0. The van der Waals surface area contributed by atoms with Gasteiger partial charge in [0.05, 0.1) is 19.3 Å². The van der Waals surface area contributed by atoms with Gasteiger partial charge in [-0.2, -0.15) is 0 Å². The van der Waals surface area contributed by atoms with E-state index < -0.39 is 0 Å². The van der Waals surface area contributed by atoms with Gasteiger partial charge in [0.1, 0.15) is 5.82 Å². The van der Waals surface area contributed by atoms with Gasteiger partial charge in [-0.25, -0.2) is 4.98 Å². The predicted octanol–water partition coefficient (Wildman–Crippen LogP) is 3.51. The topological polar surface area (TPSA) is 47.4 Å². The van der Waals surface area contributed by atoms with Gasteiger partial charge in [-0.15, -0.1) is 0 Å². The molecule has 2 aromatic rings.